The Morgan fingerprint density at radius 1 is 1.00 bits per heavy atom. The molecule has 8 heteroatoms. The Labute approximate surface area is 167 Å². The van der Waals surface area contributed by atoms with Crippen molar-refractivity contribution in [2.45, 2.75) is 26.7 Å². The summed E-state index contributed by atoms with van der Waals surface area (Å²) in [7, 11) is 0. The molecule has 0 aromatic heterocycles. The number of halogens is 2. The minimum Gasteiger partial charge on any atom is -0.454 e. The fraction of sp³-hybridized carbons (Fsp3) is 0.286. The van der Waals surface area contributed by atoms with Gasteiger partial charge in [-0.05, 0) is 36.1 Å². The summed E-state index contributed by atoms with van der Waals surface area (Å²) in [6.45, 7) is 2.85. The van der Waals surface area contributed by atoms with Crippen LogP contribution >= 0.6 is 0 Å². The quantitative estimate of drug-likeness (QED) is 0.663. The van der Waals surface area contributed by atoms with Gasteiger partial charge in [0.2, 0.25) is 0 Å². The van der Waals surface area contributed by atoms with E-state index < -0.39 is 48.1 Å². The number of nitrogens with one attached hydrogen (secondary N) is 2. The van der Waals surface area contributed by atoms with Gasteiger partial charge in [0.25, 0.3) is 11.8 Å². The normalized spacial score (nSPS) is 10.3. The first kappa shape index (κ1) is 22.0. The second-order valence-electron chi connectivity index (χ2n) is 6.17. The van der Waals surface area contributed by atoms with Crippen LogP contribution in [0.25, 0.3) is 0 Å². The van der Waals surface area contributed by atoms with Crippen molar-refractivity contribution < 1.29 is 27.9 Å². The lowest BCUT2D eigenvalue weighted by atomic mass is 10.0. The fourth-order valence-electron chi connectivity index (χ4n) is 2.70. The number of anilines is 1. The van der Waals surface area contributed by atoms with Gasteiger partial charge in [-0.15, -0.1) is 0 Å². The Kier molecular flexibility index (Phi) is 7.82. The van der Waals surface area contributed by atoms with Gasteiger partial charge < -0.3 is 15.4 Å². The van der Waals surface area contributed by atoms with Crippen LogP contribution in [0.15, 0.2) is 36.4 Å². The molecular weight excluding hydrogens is 382 g/mol. The standard InChI is InChI=1S/C21H22F2N2O4/c1-3-13-6-5-7-14(4-2)20(13)25-18(26)12-29-19(27)11-24-21(28)16-9-8-15(22)10-17(16)23/h5-10H,3-4,11-12H2,1-2H3,(H,24,28)(H,25,26). The summed E-state index contributed by atoms with van der Waals surface area (Å²) in [5.74, 6) is -4.13. The number of benzene rings is 2. The number of ether oxygens (including phenoxy) is 1. The molecule has 6 nitrogen and oxygen atoms in total. The van der Waals surface area contributed by atoms with Gasteiger partial charge in [0.15, 0.2) is 6.61 Å². The van der Waals surface area contributed by atoms with Gasteiger partial charge >= 0.3 is 5.97 Å². The molecule has 0 saturated carbocycles. The summed E-state index contributed by atoms with van der Waals surface area (Å²) in [5.41, 5.74) is 2.24. The maximum Gasteiger partial charge on any atom is 0.325 e. The number of hydrogen-bond donors (Lipinski definition) is 2. The average molecular weight is 404 g/mol. The maximum atomic E-state index is 13.5. The molecule has 2 amide bonds. The zero-order chi connectivity index (χ0) is 21.4. The molecule has 0 heterocycles. The molecule has 0 unspecified atom stereocenters. The highest BCUT2D eigenvalue weighted by Crippen LogP contribution is 2.22. The van der Waals surface area contributed by atoms with Crippen molar-refractivity contribution in [3.63, 3.8) is 0 Å². The second-order valence-corrected chi connectivity index (χ2v) is 6.17. The highest BCUT2D eigenvalue weighted by atomic mass is 19.1. The van der Waals surface area contributed by atoms with E-state index in [1.807, 2.05) is 32.0 Å². The van der Waals surface area contributed by atoms with E-state index in [0.717, 1.165) is 36.1 Å². The van der Waals surface area contributed by atoms with Crippen molar-refractivity contribution in [3.05, 3.63) is 64.7 Å². The number of carbonyl (C=O) groups excluding carboxylic acids is 3. The summed E-state index contributed by atoms with van der Waals surface area (Å²) in [5, 5.41) is 4.91. The van der Waals surface area contributed by atoms with Crippen LogP contribution in [0.3, 0.4) is 0 Å². The molecule has 0 bridgehead atoms. The molecule has 0 radical (unpaired) electrons. The largest absolute Gasteiger partial charge is 0.454 e. The van der Waals surface area contributed by atoms with E-state index in [9.17, 15) is 23.2 Å². The summed E-state index contributed by atoms with van der Waals surface area (Å²) < 4.78 is 31.2. The van der Waals surface area contributed by atoms with Gasteiger partial charge in [0.05, 0.1) is 5.56 Å². The van der Waals surface area contributed by atoms with Crippen molar-refractivity contribution in [1.29, 1.82) is 0 Å². The number of aryl methyl sites for hydroxylation is 2. The van der Waals surface area contributed by atoms with Gasteiger partial charge in [-0.1, -0.05) is 32.0 Å². The Morgan fingerprint density at radius 3 is 2.24 bits per heavy atom. The molecule has 2 rings (SSSR count). The molecule has 0 saturated heterocycles. The minimum absolute atomic E-state index is 0.403. The van der Waals surface area contributed by atoms with E-state index in [-0.39, 0.29) is 0 Å². The number of esters is 1. The molecule has 0 aliphatic carbocycles. The molecule has 0 spiro atoms. The summed E-state index contributed by atoms with van der Waals surface area (Å²) in [4.78, 5) is 35.7. The van der Waals surface area contributed by atoms with E-state index in [1.165, 1.54) is 0 Å². The Morgan fingerprint density at radius 2 is 1.66 bits per heavy atom. The molecule has 29 heavy (non-hydrogen) atoms. The van der Waals surface area contributed by atoms with Crippen LogP contribution in [0.5, 0.6) is 0 Å². The molecule has 2 N–H and O–H groups in total. The SMILES string of the molecule is CCc1cccc(CC)c1NC(=O)COC(=O)CNC(=O)c1ccc(F)cc1F. The maximum absolute atomic E-state index is 13.5. The van der Waals surface area contributed by atoms with Crippen LogP contribution in [-0.4, -0.2) is 30.9 Å². The fourth-order valence-corrected chi connectivity index (χ4v) is 2.70. The molecule has 0 aliphatic rings. The Bertz CT molecular complexity index is 893. The van der Waals surface area contributed by atoms with Crippen LogP contribution in [0, 0.1) is 11.6 Å². The first-order valence-electron chi connectivity index (χ1n) is 9.15. The van der Waals surface area contributed by atoms with Gasteiger partial charge in [0.1, 0.15) is 18.2 Å². The zero-order valence-corrected chi connectivity index (χ0v) is 16.2. The van der Waals surface area contributed by atoms with E-state index in [0.29, 0.717) is 11.8 Å². The number of hydrogen-bond acceptors (Lipinski definition) is 4. The van der Waals surface area contributed by atoms with Gasteiger partial charge in [-0.2, -0.15) is 0 Å². The van der Waals surface area contributed by atoms with Crippen LogP contribution in [0.1, 0.15) is 35.3 Å². The molecule has 2 aromatic rings. The van der Waals surface area contributed by atoms with Crippen LogP contribution in [-0.2, 0) is 27.2 Å². The highest BCUT2D eigenvalue weighted by Gasteiger charge is 2.15. The summed E-state index contributed by atoms with van der Waals surface area (Å²) in [6.07, 6.45) is 1.46. The average Bonchev–Trinajstić information content (AvgIpc) is 2.70. The van der Waals surface area contributed by atoms with E-state index >= 15 is 0 Å². The number of para-hydroxylation sites is 1. The van der Waals surface area contributed by atoms with Gasteiger partial charge in [0, 0.05) is 11.8 Å². The smallest absolute Gasteiger partial charge is 0.325 e. The van der Waals surface area contributed by atoms with Crippen molar-refractivity contribution in [2.75, 3.05) is 18.5 Å². The zero-order valence-electron chi connectivity index (χ0n) is 16.2. The van der Waals surface area contributed by atoms with Gasteiger partial charge in [-0.3, -0.25) is 14.4 Å². The highest BCUT2D eigenvalue weighted by molar-refractivity contribution is 5.97. The molecule has 0 atom stereocenters. The second kappa shape index (κ2) is 10.3. The van der Waals surface area contributed by atoms with Crippen LogP contribution < -0.4 is 10.6 Å². The number of carbonyl (C=O) groups is 3. The molecule has 154 valence electrons. The topological polar surface area (TPSA) is 84.5 Å². The summed E-state index contributed by atoms with van der Waals surface area (Å²) >= 11 is 0. The molecule has 0 fully saturated rings. The lowest BCUT2D eigenvalue weighted by Crippen LogP contribution is -2.32. The molecule has 2 aromatic carbocycles. The molecule has 0 aliphatic heterocycles. The third-order valence-corrected chi connectivity index (χ3v) is 4.20. The number of amides is 2. The van der Waals surface area contributed by atoms with Crippen molar-refractivity contribution >= 4 is 23.5 Å². The van der Waals surface area contributed by atoms with Crippen molar-refractivity contribution in [2.24, 2.45) is 0 Å². The van der Waals surface area contributed by atoms with Crippen LogP contribution in [0.4, 0.5) is 14.5 Å². The first-order chi connectivity index (χ1) is 13.8. The van der Waals surface area contributed by atoms with Crippen LogP contribution in [0.2, 0.25) is 0 Å². The third-order valence-electron chi connectivity index (χ3n) is 4.20. The lowest BCUT2D eigenvalue weighted by molar-refractivity contribution is -0.146. The third kappa shape index (κ3) is 6.10. The van der Waals surface area contributed by atoms with E-state index in [2.05, 4.69) is 10.6 Å². The predicted octanol–water partition coefficient (Wildman–Crippen LogP) is 3.00. The first-order valence-corrected chi connectivity index (χ1v) is 9.15. The van der Waals surface area contributed by atoms with Crippen molar-refractivity contribution in [1.82, 2.24) is 5.32 Å². The Hall–Kier alpha value is -3.29. The van der Waals surface area contributed by atoms with E-state index in [4.69, 9.17) is 4.74 Å². The Balaban J connectivity index is 1.85. The van der Waals surface area contributed by atoms with Crippen molar-refractivity contribution in [3.8, 4) is 0 Å². The lowest BCUT2D eigenvalue weighted by Gasteiger charge is -2.14. The van der Waals surface area contributed by atoms with Gasteiger partial charge in [-0.25, -0.2) is 8.78 Å². The van der Waals surface area contributed by atoms with E-state index in [1.54, 1.807) is 0 Å². The predicted molar refractivity (Wildman–Crippen MR) is 103 cm³/mol. The number of rotatable bonds is 8. The minimum atomic E-state index is -1.04. The molecular formula is C21H22F2N2O4. The monoisotopic (exact) mass is 404 g/mol. The summed E-state index contributed by atoms with van der Waals surface area (Å²) in [6, 6.07) is 8.20.